The van der Waals surface area contributed by atoms with Crippen LogP contribution in [0.25, 0.3) is 0 Å². The van der Waals surface area contributed by atoms with Crippen LogP contribution in [0, 0.1) is 15.5 Å². The van der Waals surface area contributed by atoms with Crippen LogP contribution in [-0.2, 0) is 20.9 Å². The lowest BCUT2D eigenvalue weighted by Crippen LogP contribution is -2.51. The largest absolute Gasteiger partial charge is 0.490 e. The van der Waals surface area contributed by atoms with Crippen LogP contribution in [-0.4, -0.2) is 82.6 Å². The molecule has 0 bridgehead atoms. The number of benzene rings is 1. The number of halogens is 6. The molecule has 1 aliphatic heterocycles. The summed E-state index contributed by atoms with van der Waals surface area (Å²) in [6, 6.07) is 5.73. The number of amides is 1. The molecule has 1 saturated heterocycles. The Morgan fingerprint density at radius 3 is 1.81 bits per heavy atom. The molecule has 0 aromatic heterocycles. The lowest BCUT2D eigenvalue weighted by atomic mass is 10.2. The van der Waals surface area contributed by atoms with Gasteiger partial charge in [0.1, 0.15) is 6.61 Å². The Balaban J connectivity index is 0.000000720. The van der Waals surface area contributed by atoms with Crippen molar-refractivity contribution >= 4 is 29.7 Å². The number of nitrogens with one attached hydrogen (secondary N) is 3. The van der Waals surface area contributed by atoms with Crippen LogP contribution in [0.1, 0.15) is 5.56 Å². The van der Waals surface area contributed by atoms with Crippen LogP contribution in [0.4, 0.5) is 36.8 Å². The summed E-state index contributed by atoms with van der Waals surface area (Å²) in [5, 5.41) is 38.1. The van der Waals surface area contributed by atoms with Gasteiger partial charge in [-0.05, 0) is 17.7 Å². The van der Waals surface area contributed by atoms with Gasteiger partial charge in [-0.3, -0.25) is 20.8 Å². The number of nitrogens with zero attached hydrogens (tertiary/aromatic N) is 2. The van der Waals surface area contributed by atoms with E-state index in [1.54, 1.807) is 4.90 Å². The molecule has 1 heterocycles. The molecule has 0 atom stereocenters. The number of non-ortho nitro benzene ring substituents is 1. The lowest BCUT2D eigenvalue weighted by molar-refractivity contribution is -0.384. The summed E-state index contributed by atoms with van der Waals surface area (Å²) in [7, 11) is 0. The molecule has 1 amide bonds. The summed E-state index contributed by atoms with van der Waals surface area (Å²) in [6.07, 6.45) is -10.9. The molecule has 0 radical (unpaired) electrons. The van der Waals surface area contributed by atoms with E-state index in [0.717, 1.165) is 13.1 Å². The number of carboxylic acids is 2. The van der Waals surface area contributed by atoms with Gasteiger partial charge in [0.05, 0.1) is 4.92 Å². The fourth-order valence-electron chi connectivity index (χ4n) is 1.96. The second-order valence-corrected chi connectivity index (χ2v) is 6.32. The first kappa shape index (κ1) is 31.8. The summed E-state index contributed by atoms with van der Waals surface area (Å²) in [6.45, 7) is 2.82. The number of hydrogen-bond acceptors (Lipinski definition) is 8. The maximum Gasteiger partial charge on any atom is 0.490 e. The Labute approximate surface area is 197 Å². The Bertz CT molecular complexity index is 894. The van der Waals surface area contributed by atoms with Crippen LogP contribution in [0.2, 0.25) is 0 Å². The van der Waals surface area contributed by atoms with E-state index in [1.807, 2.05) is 0 Å². The highest BCUT2D eigenvalue weighted by Gasteiger charge is 2.38. The van der Waals surface area contributed by atoms with Crippen molar-refractivity contribution in [2.24, 2.45) is 0 Å². The molecule has 1 aromatic carbocycles. The third-order valence-corrected chi connectivity index (χ3v) is 3.66. The standard InChI is InChI=1S/C13H17N5O4.2C2HF3O2/c14-12(17-7-5-15-6-8-17)16-13(19)22-9-10-1-3-11(4-2-10)18(20)21;2*3-2(4,5)1(6)7/h1-4,15H,5-9H2,(H2,14,16,19);2*(H,6,7). The molecule has 0 aliphatic carbocycles. The van der Waals surface area contributed by atoms with Gasteiger partial charge in [-0.15, -0.1) is 0 Å². The molecule has 0 unspecified atom stereocenters. The molecule has 5 N–H and O–H groups in total. The van der Waals surface area contributed by atoms with E-state index in [0.29, 0.717) is 18.7 Å². The van der Waals surface area contributed by atoms with Gasteiger partial charge >= 0.3 is 30.4 Å². The number of carbonyl (C=O) groups excluding carboxylic acids is 1. The first-order chi connectivity index (χ1) is 16.4. The van der Waals surface area contributed by atoms with E-state index in [-0.39, 0.29) is 18.3 Å². The van der Waals surface area contributed by atoms with Crippen molar-refractivity contribution in [3.63, 3.8) is 0 Å². The third-order valence-electron chi connectivity index (χ3n) is 3.66. The van der Waals surface area contributed by atoms with E-state index in [4.69, 9.17) is 29.9 Å². The van der Waals surface area contributed by atoms with Crippen molar-refractivity contribution in [1.29, 1.82) is 5.41 Å². The predicted octanol–water partition coefficient (Wildman–Crippen LogP) is 1.93. The summed E-state index contributed by atoms with van der Waals surface area (Å²) in [5.41, 5.74) is 0.614. The van der Waals surface area contributed by atoms with E-state index in [1.165, 1.54) is 24.3 Å². The molecule has 0 saturated carbocycles. The van der Waals surface area contributed by atoms with Gasteiger partial charge < -0.3 is 25.2 Å². The molecule has 1 fully saturated rings. The van der Waals surface area contributed by atoms with Crippen LogP contribution >= 0.6 is 0 Å². The van der Waals surface area contributed by atoms with Crippen molar-refractivity contribution in [2.45, 2.75) is 19.0 Å². The summed E-state index contributed by atoms with van der Waals surface area (Å²) >= 11 is 0. The summed E-state index contributed by atoms with van der Waals surface area (Å²) in [4.78, 5) is 41.2. The van der Waals surface area contributed by atoms with Gasteiger partial charge in [0, 0.05) is 38.3 Å². The van der Waals surface area contributed by atoms with Crippen molar-refractivity contribution in [3.05, 3.63) is 39.9 Å². The second-order valence-electron chi connectivity index (χ2n) is 6.32. The zero-order valence-electron chi connectivity index (χ0n) is 17.9. The fraction of sp³-hybridized carbons (Fsp3) is 0.412. The number of alkyl carbamates (subject to hydrolysis) is 1. The second kappa shape index (κ2) is 14.3. The Morgan fingerprint density at radius 2 is 1.44 bits per heavy atom. The number of hydrogen-bond donors (Lipinski definition) is 5. The number of ether oxygens (including phenoxy) is 1. The minimum atomic E-state index is -5.08. The number of guanidine groups is 1. The molecule has 0 spiro atoms. The van der Waals surface area contributed by atoms with Crippen LogP contribution in [0.15, 0.2) is 24.3 Å². The molecule has 36 heavy (non-hydrogen) atoms. The maximum atomic E-state index is 11.6. The van der Waals surface area contributed by atoms with Gasteiger partial charge in [0.25, 0.3) is 5.69 Å². The topological polar surface area (TPSA) is 195 Å². The molecule has 1 aromatic rings. The number of nitro benzene ring substituents is 1. The lowest BCUT2D eigenvalue weighted by Gasteiger charge is -2.29. The van der Waals surface area contributed by atoms with Crippen molar-refractivity contribution < 1.29 is 60.6 Å². The molecular formula is C17H19F6N5O8. The average Bonchev–Trinajstić information content (AvgIpc) is 2.78. The summed E-state index contributed by atoms with van der Waals surface area (Å²) < 4.78 is 68.5. The predicted molar refractivity (Wildman–Crippen MR) is 106 cm³/mol. The first-order valence-corrected chi connectivity index (χ1v) is 9.26. The van der Waals surface area contributed by atoms with Crippen LogP contribution in [0.3, 0.4) is 0 Å². The molecule has 19 heteroatoms. The molecule has 202 valence electrons. The molecule has 13 nitrogen and oxygen atoms in total. The molecule has 1 aliphatic rings. The van der Waals surface area contributed by atoms with Crippen molar-refractivity contribution in [3.8, 4) is 0 Å². The van der Waals surface area contributed by atoms with Crippen LogP contribution < -0.4 is 10.6 Å². The van der Waals surface area contributed by atoms with Gasteiger partial charge in [0.15, 0.2) is 0 Å². The number of carboxylic acid groups (broad SMARTS) is 2. The average molecular weight is 535 g/mol. The number of rotatable bonds is 3. The highest BCUT2D eigenvalue weighted by atomic mass is 19.4. The van der Waals surface area contributed by atoms with Crippen molar-refractivity contribution in [1.82, 2.24) is 15.5 Å². The van der Waals surface area contributed by atoms with Gasteiger partial charge in [0.2, 0.25) is 5.96 Å². The number of aliphatic carboxylic acids is 2. The number of piperazine rings is 1. The van der Waals surface area contributed by atoms with E-state index >= 15 is 0 Å². The number of nitro groups is 1. The smallest absolute Gasteiger partial charge is 0.475 e. The zero-order chi connectivity index (χ0) is 28.1. The molecular weight excluding hydrogens is 516 g/mol. The Morgan fingerprint density at radius 1 is 1.03 bits per heavy atom. The van der Waals surface area contributed by atoms with Gasteiger partial charge in [-0.2, -0.15) is 26.3 Å². The monoisotopic (exact) mass is 535 g/mol. The van der Waals surface area contributed by atoms with Crippen LogP contribution in [0.5, 0.6) is 0 Å². The van der Waals surface area contributed by atoms with Crippen molar-refractivity contribution in [2.75, 3.05) is 26.2 Å². The van der Waals surface area contributed by atoms with Gasteiger partial charge in [-0.1, -0.05) is 0 Å². The SMILES string of the molecule is N=C(NC(=O)OCc1ccc([N+](=O)[O-])cc1)N1CCNCC1.O=C(O)C(F)(F)F.O=C(O)C(F)(F)F. The fourth-order valence-corrected chi connectivity index (χ4v) is 1.96. The highest BCUT2D eigenvalue weighted by Crippen LogP contribution is 2.14. The summed E-state index contributed by atoms with van der Waals surface area (Å²) in [5.74, 6) is -5.50. The normalized spacial score (nSPS) is 13.1. The number of alkyl halides is 6. The van der Waals surface area contributed by atoms with E-state index in [9.17, 15) is 41.3 Å². The van der Waals surface area contributed by atoms with E-state index in [2.05, 4.69) is 10.6 Å². The Hall–Kier alpha value is -4.16. The van der Waals surface area contributed by atoms with E-state index < -0.39 is 35.3 Å². The minimum absolute atomic E-state index is 0.00944. The highest BCUT2D eigenvalue weighted by molar-refractivity contribution is 5.92. The van der Waals surface area contributed by atoms with Gasteiger partial charge in [-0.25, -0.2) is 14.4 Å². The molecule has 2 rings (SSSR count). The first-order valence-electron chi connectivity index (χ1n) is 9.26. The quantitative estimate of drug-likeness (QED) is 0.125. The third kappa shape index (κ3) is 13.5. The zero-order valence-corrected chi connectivity index (χ0v) is 17.9. The number of carbonyl (C=O) groups is 3. The minimum Gasteiger partial charge on any atom is -0.475 e. The maximum absolute atomic E-state index is 11.6. The Kier molecular flexibility index (Phi) is 12.6.